The summed E-state index contributed by atoms with van der Waals surface area (Å²) in [5, 5.41) is 5.51. The fourth-order valence-corrected chi connectivity index (χ4v) is 2.48. The molecule has 0 aliphatic rings. The third kappa shape index (κ3) is 2.64. The summed E-state index contributed by atoms with van der Waals surface area (Å²) in [4.78, 5) is 0. The van der Waals surface area contributed by atoms with Gasteiger partial charge in [-0.3, -0.25) is 0 Å². The van der Waals surface area contributed by atoms with Crippen molar-refractivity contribution in [2.45, 2.75) is 12.5 Å². The average molecular weight is 306 g/mol. The highest BCUT2D eigenvalue weighted by atomic mass is 35.5. The predicted molar refractivity (Wildman–Crippen MR) is 73.9 cm³/mol. The predicted octanol–water partition coefficient (Wildman–Crippen LogP) is 4.06. The number of benzene rings is 1. The van der Waals surface area contributed by atoms with Crippen LogP contribution in [0, 0.1) is 0 Å². The summed E-state index contributed by atoms with van der Waals surface area (Å²) in [6.45, 7) is 0.370. The number of hydrogen-bond acceptors (Lipinski definition) is 2. The van der Waals surface area contributed by atoms with Crippen LogP contribution in [0.3, 0.4) is 0 Å². The Morgan fingerprint density at radius 2 is 2.11 bits per heavy atom. The molecule has 0 radical (unpaired) electrons. The molecule has 0 atom stereocenters. The lowest BCUT2D eigenvalue weighted by Gasteiger charge is -2.03. The van der Waals surface area contributed by atoms with Gasteiger partial charge >= 0.3 is 0 Å². The summed E-state index contributed by atoms with van der Waals surface area (Å²) in [6.07, 6.45) is 0. The van der Waals surface area contributed by atoms with Gasteiger partial charge < -0.3 is 4.74 Å². The zero-order valence-corrected chi connectivity index (χ0v) is 11.9. The van der Waals surface area contributed by atoms with Crippen molar-refractivity contribution in [3.05, 3.63) is 45.7 Å². The molecule has 0 spiro atoms. The fourth-order valence-electron chi connectivity index (χ4n) is 1.64. The number of hydrogen-bond donors (Lipinski definition) is 0. The van der Waals surface area contributed by atoms with Crippen molar-refractivity contribution in [2.24, 2.45) is 0 Å². The largest absolute Gasteiger partial charge is 0.378 e. The Bertz CT molecular complexity index is 554. The Hall–Kier alpha value is -0.740. The highest BCUT2D eigenvalue weighted by Crippen LogP contribution is 2.26. The maximum Gasteiger partial charge on any atom is 0.137 e. The van der Waals surface area contributed by atoms with Gasteiger partial charge in [-0.1, -0.05) is 29.3 Å². The zero-order chi connectivity index (χ0) is 13.1. The van der Waals surface area contributed by atoms with Crippen molar-refractivity contribution in [3.63, 3.8) is 0 Å². The Morgan fingerprint density at radius 1 is 1.33 bits per heavy atom. The first-order valence-corrected chi connectivity index (χ1v) is 6.53. The van der Waals surface area contributed by atoms with Crippen molar-refractivity contribution >= 4 is 34.8 Å². The van der Waals surface area contributed by atoms with Gasteiger partial charge in [-0.25, -0.2) is 4.68 Å². The van der Waals surface area contributed by atoms with Gasteiger partial charge in [0, 0.05) is 17.7 Å². The van der Waals surface area contributed by atoms with E-state index >= 15 is 0 Å². The summed E-state index contributed by atoms with van der Waals surface area (Å²) >= 11 is 18.1. The van der Waals surface area contributed by atoms with E-state index in [4.69, 9.17) is 39.5 Å². The molecule has 6 heteroatoms. The molecule has 0 aliphatic carbocycles. The van der Waals surface area contributed by atoms with Crippen LogP contribution in [0.25, 0.3) is 5.69 Å². The van der Waals surface area contributed by atoms with Crippen LogP contribution in [-0.2, 0) is 17.2 Å². The van der Waals surface area contributed by atoms with Crippen LogP contribution < -0.4 is 0 Å². The van der Waals surface area contributed by atoms with Gasteiger partial charge in [0.15, 0.2) is 0 Å². The first-order valence-electron chi connectivity index (χ1n) is 5.24. The van der Waals surface area contributed by atoms with Gasteiger partial charge in [0.05, 0.1) is 23.9 Å². The maximum absolute atomic E-state index is 6.27. The fraction of sp³-hybridized carbons (Fsp3) is 0.250. The van der Waals surface area contributed by atoms with Crippen LogP contribution in [0.1, 0.15) is 11.3 Å². The minimum atomic E-state index is 0.290. The first kappa shape index (κ1) is 13.7. The van der Waals surface area contributed by atoms with Crippen LogP contribution in [0.2, 0.25) is 10.2 Å². The molecule has 0 saturated carbocycles. The van der Waals surface area contributed by atoms with Crippen LogP contribution in [0.5, 0.6) is 0 Å². The van der Waals surface area contributed by atoms with Crippen LogP contribution in [0.4, 0.5) is 0 Å². The molecule has 1 aromatic carbocycles. The molecule has 0 fully saturated rings. The Balaban J connectivity index is 2.51. The van der Waals surface area contributed by atoms with Gasteiger partial charge in [0.25, 0.3) is 0 Å². The minimum Gasteiger partial charge on any atom is -0.378 e. The highest BCUT2D eigenvalue weighted by Gasteiger charge is 2.16. The van der Waals surface area contributed by atoms with Crippen molar-refractivity contribution in [1.82, 2.24) is 9.78 Å². The minimum absolute atomic E-state index is 0.290. The zero-order valence-electron chi connectivity index (χ0n) is 9.66. The molecule has 0 unspecified atom stereocenters. The molecular weight excluding hydrogens is 295 g/mol. The molecule has 0 saturated heterocycles. The average Bonchev–Trinajstić information content (AvgIpc) is 2.66. The van der Waals surface area contributed by atoms with Crippen LogP contribution in [-0.4, -0.2) is 16.9 Å². The van der Waals surface area contributed by atoms with Crippen LogP contribution in [0.15, 0.2) is 24.3 Å². The lowest BCUT2D eigenvalue weighted by atomic mass is 10.3. The van der Waals surface area contributed by atoms with Gasteiger partial charge in [-0.2, -0.15) is 5.10 Å². The molecule has 2 rings (SSSR count). The number of halogens is 3. The van der Waals surface area contributed by atoms with Gasteiger partial charge in [0.1, 0.15) is 5.15 Å². The number of aromatic nitrogens is 2. The number of rotatable bonds is 4. The quantitative estimate of drug-likeness (QED) is 0.796. The molecule has 0 amide bonds. The SMILES string of the molecule is COCc1nn(-c2cccc(Cl)c2)c(Cl)c1CCl. The second-order valence-electron chi connectivity index (χ2n) is 3.67. The maximum atomic E-state index is 6.27. The topological polar surface area (TPSA) is 27.1 Å². The van der Waals surface area contributed by atoms with E-state index in [2.05, 4.69) is 5.10 Å². The molecule has 0 N–H and O–H groups in total. The van der Waals surface area contributed by atoms with Crippen molar-refractivity contribution in [3.8, 4) is 5.69 Å². The van der Waals surface area contributed by atoms with Crippen molar-refractivity contribution < 1.29 is 4.74 Å². The van der Waals surface area contributed by atoms with Crippen molar-refractivity contribution in [1.29, 1.82) is 0 Å². The van der Waals surface area contributed by atoms with Crippen LogP contribution >= 0.6 is 34.8 Å². The van der Waals surface area contributed by atoms with E-state index in [1.165, 1.54) is 0 Å². The smallest absolute Gasteiger partial charge is 0.137 e. The van der Waals surface area contributed by atoms with Gasteiger partial charge in [0.2, 0.25) is 0 Å². The highest BCUT2D eigenvalue weighted by molar-refractivity contribution is 6.32. The lowest BCUT2D eigenvalue weighted by Crippen LogP contribution is -1.97. The van der Waals surface area contributed by atoms with E-state index in [-0.39, 0.29) is 5.88 Å². The molecule has 0 bridgehead atoms. The number of nitrogens with zero attached hydrogens (tertiary/aromatic N) is 2. The normalized spacial score (nSPS) is 10.9. The Kier molecular flexibility index (Phi) is 4.51. The number of methoxy groups -OCH3 is 1. The van der Waals surface area contributed by atoms with E-state index in [0.717, 1.165) is 16.9 Å². The summed E-state index contributed by atoms with van der Waals surface area (Å²) in [7, 11) is 1.60. The summed E-state index contributed by atoms with van der Waals surface area (Å²) in [5.41, 5.74) is 2.30. The van der Waals surface area contributed by atoms with E-state index in [0.29, 0.717) is 16.8 Å². The van der Waals surface area contributed by atoms with Gasteiger partial charge in [-0.15, -0.1) is 11.6 Å². The van der Waals surface area contributed by atoms with E-state index in [1.807, 2.05) is 12.1 Å². The molecule has 0 aliphatic heterocycles. The lowest BCUT2D eigenvalue weighted by molar-refractivity contribution is 0.180. The molecule has 96 valence electrons. The molecule has 1 aromatic heterocycles. The third-order valence-corrected chi connectivity index (χ3v) is 3.36. The number of alkyl halides is 1. The summed E-state index contributed by atoms with van der Waals surface area (Å²) in [6, 6.07) is 7.29. The van der Waals surface area contributed by atoms with E-state index in [1.54, 1.807) is 23.9 Å². The second kappa shape index (κ2) is 5.93. The third-order valence-electron chi connectivity index (χ3n) is 2.47. The first-order chi connectivity index (χ1) is 8.67. The van der Waals surface area contributed by atoms with Gasteiger partial charge in [-0.05, 0) is 18.2 Å². The number of ether oxygens (including phenoxy) is 1. The summed E-state index contributed by atoms with van der Waals surface area (Å²) in [5.74, 6) is 0.290. The van der Waals surface area contributed by atoms with Crippen molar-refractivity contribution in [2.75, 3.05) is 7.11 Å². The molecule has 2 aromatic rings. The standard InChI is InChI=1S/C12H11Cl3N2O/c1-18-7-11-10(6-13)12(15)17(16-11)9-4-2-3-8(14)5-9/h2-5H,6-7H2,1H3. The molecule has 3 nitrogen and oxygen atoms in total. The summed E-state index contributed by atoms with van der Waals surface area (Å²) < 4.78 is 6.69. The van der Waals surface area contributed by atoms with E-state index < -0.39 is 0 Å². The van der Waals surface area contributed by atoms with E-state index in [9.17, 15) is 0 Å². The Labute approximate surface area is 120 Å². The Morgan fingerprint density at radius 3 is 2.72 bits per heavy atom. The molecule has 1 heterocycles. The monoisotopic (exact) mass is 304 g/mol. The molecular formula is C12H11Cl3N2O. The second-order valence-corrected chi connectivity index (χ2v) is 4.74. The molecule has 18 heavy (non-hydrogen) atoms.